The first-order valence-electron chi connectivity index (χ1n) is 7.59. The number of anilines is 1. The zero-order chi connectivity index (χ0) is 17.8. The quantitative estimate of drug-likeness (QED) is 0.781. The smallest absolute Gasteiger partial charge is 0.267 e. The van der Waals surface area contributed by atoms with Gasteiger partial charge in [-0.25, -0.2) is 9.67 Å². The third-order valence-corrected chi connectivity index (χ3v) is 3.80. The van der Waals surface area contributed by atoms with Crippen LogP contribution < -0.4 is 10.9 Å². The second-order valence-electron chi connectivity index (χ2n) is 5.41. The van der Waals surface area contributed by atoms with Crippen molar-refractivity contribution in [2.45, 2.75) is 13.5 Å². The maximum atomic E-state index is 12.2. The number of aromatic nitrogens is 3. The summed E-state index contributed by atoms with van der Waals surface area (Å²) in [7, 11) is 0. The number of carbonyl (C=O) groups is 1. The molecule has 0 fully saturated rings. The molecule has 0 unspecified atom stereocenters. The largest absolute Gasteiger partial charge is 0.309 e. The molecular weight excluding hydrogens is 340 g/mol. The average Bonchev–Trinajstić information content (AvgIpc) is 2.57. The minimum atomic E-state index is -0.385. The number of hydrogen-bond donors (Lipinski definition) is 1. The standard InChI is InChI=1S/C18H15ClN4O2/c1-12-5-4-8-16(20-12)21-17(24)11-23-18(25)10-9-15(22-23)13-6-2-3-7-14(13)19/h2-10H,11H2,1H3,(H,20,21,24). The van der Waals surface area contributed by atoms with Gasteiger partial charge in [-0.2, -0.15) is 5.10 Å². The Morgan fingerprint density at radius 3 is 2.68 bits per heavy atom. The molecule has 0 atom stereocenters. The van der Waals surface area contributed by atoms with E-state index in [0.29, 0.717) is 22.1 Å². The number of pyridine rings is 1. The monoisotopic (exact) mass is 354 g/mol. The molecule has 0 saturated carbocycles. The van der Waals surface area contributed by atoms with Crippen LogP contribution in [0.2, 0.25) is 5.02 Å². The maximum absolute atomic E-state index is 12.2. The summed E-state index contributed by atoms with van der Waals surface area (Å²) in [4.78, 5) is 28.4. The molecule has 0 spiro atoms. The lowest BCUT2D eigenvalue weighted by molar-refractivity contribution is -0.117. The SMILES string of the molecule is Cc1cccc(NC(=O)Cn2nc(-c3ccccc3Cl)ccc2=O)n1. The Morgan fingerprint density at radius 1 is 1.12 bits per heavy atom. The van der Waals surface area contributed by atoms with Gasteiger partial charge in [0.2, 0.25) is 5.91 Å². The lowest BCUT2D eigenvalue weighted by atomic mass is 10.1. The number of carbonyl (C=O) groups excluding carboxylic acids is 1. The summed E-state index contributed by atoms with van der Waals surface area (Å²) in [6.07, 6.45) is 0. The van der Waals surface area contributed by atoms with Gasteiger partial charge < -0.3 is 5.32 Å². The van der Waals surface area contributed by atoms with Crippen molar-refractivity contribution in [2.75, 3.05) is 5.32 Å². The highest BCUT2D eigenvalue weighted by Gasteiger charge is 2.10. The molecule has 0 saturated heterocycles. The number of amides is 1. The third kappa shape index (κ3) is 4.10. The minimum absolute atomic E-state index is 0.216. The molecule has 7 heteroatoms. The Balaban J connectivity index is 1.83. The minimum Gasteiger partial charge on any atom is -0.309 e. The molecule has 0 bridgehead atoms. The summed E-state index contributed by atoms with van der Waals surface area (Å²) >= 11 is 6.16. The normalized spacial score (nSPS) is 10.5. The van der Waals surface area contributed by atoms with Crippen LogP contribution in [0, 0.1) is 6.92 Å². The molecule has 2 heterocycles. The van der Waals surface area contributed by atoms with Crippen molar-refractivity contribution in [3.8, 4) is 11.3 Å². The molecular formula is C18H15ClN4O2. The number of nitrogens with zero attached hydrogens (tertiary/aromatic N) is 3. The van der Waals surface area contributed by atoms with Gasteiger partial charge in [0.25, 0.3) is 5.56 Å². The van der Waals surface area contributed by atoms with Crippen LogP contribution in [0.3, 0.4) is 0 Å². The zero-order valence-corrected chi connectivity index (χ0v) is 14.2. The number of rotatable bonds is 4. The van der Waals surface area contributed by atoms with E-state index in [2.05, 4.69) is 15.4 Å². The van der Waals surface area contributed by atoms with Gasteiger partial charge in [-0.15, -0.1) is 0 Å². The van der Waals surface area contributed by atoms with Gasteiger partial charge in [0.15, 0.2) is 0 Å². The van der Waals surface area contributed by atoms with Gasteiger partial charge in [-0.3, -0.25) is 9.59 Å². The first-order chi connectivity index (χ1) is 12.0. The fourth-order valence-corrected chi connectivity index (χ4v) is 2.54. The molecule has 1 aromatic carbocycles. The van der Waals surface area contributed by atoms with Gasteiger partial charge in [0, 0.05) is 17.3 Å². The van der Waals surface area contributed by atoms with Gasteiger partial charge in [-0.05, 0) is 31.2 Å². The highest BCUT2D eigenvalue weighted by Crippen LogP contribution is 2.24. The van der Waals surface area contributed by atoms with Crippen LogP contribution in [0.15, 0.2) is 59.4 Å². The van der Waals surface area contributed by atoms with E-state index in [4.69, 9.17) is 11.6 Å². The number of nitrogens with one attached hydrogen (secondary N) is 1. The molecule has 0 aliphatic carbocycles. The second-order valence-corrected chi connectivity index (χ2v) is 5.81. The number of benzene rings is 1. The van der Waals surface area contributed by atoms with E-state index < -0.39 is 0 Å². The molecule has 126 valence electrons. The maximum Gasteiger partial charge on any atom is 0.267 e. The molecule has 6 nitrogen and oxygen atoms in total. The summed E-state index contributed by atoms with van der Waals surface area (Å²) in [6, 6.07) is 15.4. The van der Waals surface area contributed by atoms with Crippen molar-refractivity contribution in [3.05, 3.63) is 75.7 Å². The van der Waals surface area contributed by atoms with Crippen molar-refractivity contribution >= 4 is 23.3 Å². The Labute approximate surface area is 149 Å². The van der Waals surface area contributed by atoms with E-state index in [-0.39, 0.29) is 18.0 Å². The van der Waals surface area contributed by atoms with Crippen molar-refractivity contribution in [1.82, 2.24) is 14.8 Å². The van der Waals surface area contributed by atoms with Crippen molar-refractivity contribution in [3.63, 3.8) is 0 Å². The topological polar surface area (TPSA) is 76.9 Å². The zero-order valence-electron chi connectivity index (χ0n) is 13.4. The van der Waals surface area contributed by atoms with Crippen LogP contribution >= 0.6 is 11.6 Å². The molecule has 3 rings (SSSR count). The molecule has 1 amide bonds. The van der Waals surface area contributed by atoms with E-state index in [1.54, 1.807) is 30.3 Å². The third-order valence-electron chi connectivity index (χ3n) is 3.47. The first kappa shape index (κ1) is 16.9. The summed E-state index contributed by atoms with van der Waals surface area (Å²) in [5.74, 6) is 0.0457. The Kier molecular flexibility index (Phi) is 4.90. The first-order valence-corrected chi connectivity index (χ1v) is 7.97. The average molecular weight is 355 g/mol. The number of halogens is 1. The fourth-order valence-electron chi connectivity index (χ4n) is 2.31. The summed E-state index contributed by atoms with van der Waals surface area (Å²) in [6.45, 7) is 1.61. The Morgan fingerprint density at radius 2 is 1.92 bits per heavy atom. The molecule has 0 aliphatic heterocycles. The van der Waals surface area contributed by atoms with Crippen molar-refractivity contribution in [2.24, 2.45) is 0 Å². The van der Waals surface area contributed by atoms with E-state index >= 15 is 0 Å². The Hall–Kier alpha value is -2.99. The lowest BCUT2D eigenvalue weighted by Gasteiger charge is -2.09. The van der Waals surface area contributed by atoms with Crippen LogP contribution in [0.25, 0.3) is 11.3 Å². The molecule has 2 aromatic heterocycles. The fraction of sp³-hybridized carbons (Fsp3) is 0.111. The number of hydrogen-bond acceptors (Lipinski definition) is 4. The summed E-state index contributed by atoms with van der Waals surface area (Å²) < 4.78 is 1.10. The van der Waals surface area contributed by atoms with Gasteiger partial charge in [0.05, 0.1) is 10.7 Å². The lowest BCUT2D eigenvalue weighted by Crippen LogP contribution is -2.29. The van der Waals surface area contributed by atoms with Gasteiger partial charge in [-0.1, -0.05) is 35.9 Å². The van der Waals surface area contributed by atoms with Crippen molar-refractivity contribution < 1.29 is 4.79 Å². The number of aryl methyl sites for hydroxylation is 1. The second kappa shape index (κ2) is 7.27. The van der Waals surface area contributed by atoms with Crippen molar-refractivity contribution in [1.29, 1.82) is 0 Å². The van der Waals surface area contributed by atoms with Crippen LogP contribution in [0.4, 0.5) is 5.82 Å². The van der Waals surface area contributed by atoms with E-state index in [0.717, 1.165) is 10.4 Å². The highest BCUT2D eigenvalue weighted by atomic mass is 35.5. The predicted octanol–water partition coefficient (Wildman–Crippen LogP) is 2.91. The van der Waals surface area contributed by atoms with E-state index in [1.807, 2.05) is 25.1 Å². The molecule has 3 aromatic rings. The van der Waals surface area contributed by atoms with E-state index in [9.17, 15) is 9.59 Å². The predicted molar refractivity (Wildman–Crippen MR) is 96.5 cm³/mol. The molecule has 0 radical (unpaired) electrons. The van der Waals surface area contributed by atoms with Crippen LogP contribution in [-0.2, 0) is 11.3 Å². The molecule has 1 N–H and O–H groups in total. The summed E-state index contributed by atoms with van der Waals surface area (Å²) in [5.41, 5.74) is 1.63. The highest BCUT2D eigenvalue weighted by molar-refractivity contribution is 6.33. The van der Waals surface area contributed by atoms with Gasteiger partial charge >= 0.3 is 0 Å². The molecule has 0 aliphatic rings. The van der Waals surface area contributed by atoms with E-state index in [1.165, 1.54) is 6.07 Å². The van der Waals surface area contributed by atoms with Crippen LogP contribution in [-0.4, -0.2) is 20.7 Å². The van der Waals surface area contributed by atoms with Crippen LogP contribution in [0.5, 0.6) is 0 Å². The summed E-state index contributed by atoms with van der Waals surface area (Å²) in [5, 5.41) is 7.42. The van der Waals surface area contributed by atoms with Crippen LogP contribution in [0.1, 0.15) is 5.69 Å². The Bertz CT molecular complexity index is 985. The molecule has 25 heavy (non-hydrogen) atoms. The van der Waals surface area contributed by atoms with Gasteiger partial charge in [0.1, 0.15) is 12.4 Å².